The molecule has 0 radical (unpaired) electrons. The fraction of sp³-hybridized carbons (Fsp3) is 0.724. The van der Waals surface area contributed by atoms with Crippen LogP contribution in [0, 0.1) is 5.41 Å². The third-order valence-corrected chi connectivity index (χ3v) is 13.1. The second-order valence-corrected chi connectivity index (χ2v) is 19.9. The van der Waals surface area contributed by atoms with Crippen molar-refractivity contribution in [2.75, 3.05) is 37.8 Å². The fourth-order valence-electron chi connectivity index (χ4n) is 5.09. The standard InChI is InChI=1S/C29H51N6O16P3S/c1-7-17-13-33-25(30)20-21(17)35(16-34-20)27-22(37)23(50-52(40,41)42)18(49-27)14-47-53(43,44)51-54(45,46)48-15-28(3,4)24(38)26(39)32-10-9-19(36)31-11-12-55-29(5,6)8-2/h13,16,18,22-24,27,37-38H,7-12,14-15H2,1-6H3,(H2,30,33)(H,31,36)(H,32,39)(H,43,44)(H,45,46)(H2,40,41,42). The van der Waals surface area contributed by atoms with Crippen LogP contribution in [0.25, 0.3) is 11.0 Å². The first-order chi connectivity index (χ1) is 25.3. The molecule has 7 unspecified atom stereocenters. The Kier molecular flexibility index (Phi) is 16.5. The zero-order valence-electron chi connectivity index (χ0n) is 31.1. The van der Waals surface area contributed by atoms with Gasteiger partial charge in [0.1, 0.15) is 29.9 Å². The maximum Gasteiger partial charge on any atom is 0.481 e. The van der Waals surface area contributed by atoms with Crippen LogP contribution < -0.4 is 16.4 Å². The van der Waals surface area contributed by atoms with Crippen molar-refractivity contribution in [2.24, 2.45) is 5.41 Å². The zero-order valence-corrected chi connectivity index (χ0v) is 34.6. The number of thioether (sulfide) groups is 1. The number of pyridine rings is 1. The second-order valence-electron chi connectivity index (χ2n) is 13.8. The first kappa shape index (κ1) is 47.3. The Morgan fingerprint density at radius 3 is 2.33 bits per heavy atom. The normalized spacial score (nSPS) is 22.3. The number of carbonyl (C=O) groups excluding carboxylic acids is 2. The third kappa shape index (κ3) is 13.8. The number of carbonyl (C=O) groups is 2. The molecule has 0 saturated carbocycles. The Balaban J connectivity index is 1.56. The number of aromatic nitrogens is 3. The summed E-state index contributed by atoms with van der Waals surface area (Å²) in [6.07, 6.45) is -4.67. The molecule has 3 rings (SSSR count). The van der Waals surface area contributed by atoms with Crippen LogP contribution in [0.5, 0.6) is 0 Å². The predicted molar refractivity (Wildman–Crippen MR) is 198 cm³/mol. The van der Waals surface area contributed by atoms with Crippen LogP contribution in [-0.4, -0.2) is 117 Å². The molecular weight excluding hydrogens is 813 g/mol. The van der Waals surface area contributed by atoms with Gasteiger partial charge in [0.2, 0.25) is 11.8 Å². The number of nitrogen functional groups attached to an aromatic ring is 1. The van der Waals surface area contributed by atoms with E-state index >= 15 is 0 Å². The van der Waals surface area contributed by atoms with E-state index < -0.39 is 78.6 Å². The van der Waals surface area contributed by atoms with E-state index in [1.807, 2.05) is 0 Å². The molecule has 26 heteroatoms. The molecule has 0 aliphatic carbocycles. The van der Waals surface area contributed by atoms with Crippen LogP contribution in [0.1, 0.15) is 66.2 Å². The van der Waals surface area contributed by atoms with Gasteiger partial charge in [0, 0.05) is 41.6 Å². The summed E-state index contributed by atoms with van der Waals surface area (Å²) < 4.78 is 63.0. The third-order valence-electron chi connectivity index (χ3n) is 8.54. The summed E-state index contributed by atoms with van der Waals surface area (Å²) in [5.41, 5.74) is 5.57. The fourth-order valence-corrected chi connectivity index (χ4v) is 8.88. The monoisotopic (exact) mass is 864 g/mol. The molecule has 3 heterocycles. The van der Waals surface area contributed by atoms with E-state index in [1.165, 1.54) is 30.9 Å². The number of amides is 2. The van der Waals surface area contributed by atoms with Crippen molar-refractivity contribution < 1.29 is 75.7 Å². The van der Waals surface area contributed by atoms with Gasteiger partial charge in [-0.1, -0.05) is 41.5 Å². The average molecular weight is 865 g/mol. The molecule has 2 aromatic rings. The molecule has 1 saturated heterocycles. The number of aryl methyl sites for hydroxylation is 1. The van der Waals surface area contributed by atoms with Crippen LogP contribution in [0.2, 0.25) is 0 Å². The van der Waals surface area contributed by atoms with Crippen LogP contribution in [-0.2, 0) is 52.3 Å². The summed E-state index contributed by atoms with van der Waals surface area (Å²) in [4.78, 5) is 72.4. The predicted octanol–water partition coefficient (Wildman–Crippen LogP) is 1.49. The van der Waals surface area contributed by atoms with E-state index in [1.54, 1.807) is 18.7 Å². The Morgan fingerprint density at radius 1 is 1.05 bits per heavy atom. The molecule has 10 N–H and O–H groups in total. The number of phosphoric ester groups is 3. The Morgan fingerprint density at radius 2 is 1.71 bits per heavy atom. The van der Waals surface area contributed by atoms with Gasteiger partial charge >= 0.3 is 23.5 Å². The number of phosphoric acid groups is 3. The number of ether oxygens (including phenoxy) is 1. The molecule has 1 aliphatic rings. The van der Waals surface area contributed by atoms with E-state index in [-0.39, 0.29) is 35.0 Å². The van der Waals surface area contributed by atoms with Gasteiger partial charge in [0.15, 0.2) is 12.0 Å². The van der Waals surface area contributed by atoms with E-state index in [0.717, 1.165) is 6.42 Å². The number of nitrogens with zero attached hydrogens (tertiary/aromatic N) is 3. The Labute approximate surface area is 321 Å². The molecule has 0 aromatic carbocycles. The molecule has 0 bridgehead atoms. The van der Waals surface area contributed by atoms with Gasteiger partial charge in [-0.05, 0) is 18.4 Å². The van der Waals surface area contributed by atoms with Gasteiger partial charge in [-0.15, -0.1) is 0 Å². The number of fused-ring (bicyclic) bond motifs is 1. The average Bonchev–Trinajstić information content (AvgIpc) is 3.65. The second kappa shape index (κ2) is 19.1. The lowest BCUT2D eigenvalue weighted by Gasteiger charge is -2.30. The number of nitrogens with one attached hydrogen (secondary N) is 2. The molecule has 2 aromatic heterocycles. The molecule has 22 nitrogen and oxygen atoms in total. The highest BCUT2D eigenvalue weighted by Gasteiger charge is 2.50. The van der Waals surface area contributed by atoms with Crippen molar-refractivity contribution in [3.8, 4) is 0 Å². The lowest BCUT2D eigenvalue weighted by Crippen LogP contribution is -2.46. The molecule has 55 heavy (non-hydrogen) atoms. The van der Waals surface area contributed by atoms with E-state index in [4.69, 9.17) is 24.0 Å². The van der Waals surface area contributed by atoms with Crippen molar-refractivity contribution >= 4 is 63.9 Å². The molecule has 7 atom stereocenters. The van der Waals surface area contributed by atoms with E-state index in [2.05, 4.69) is 45.7 Å². The highest BCUT2D eigenvalue weighted by molar-refractivity contribution is 8.00. The maximum atomic E-state index is 12.7. The quantitative estimate of drug-likeness (QED) is 0.0598. The van der Waals surface area contributed by atoms with E-state index in [9.17, 15) is 53.1 Å². The van der Waals surface area contributed by atoms with Crippen molar-refractivity contribution in [1.82, 2.24) is 25.2 Å². The summed E-state index contributed by atoms with van der Waals surface area (Å²) in [5.74, 6) is -0.492. The number of aliphatic hydroxyl groups excluding tert-OH is 2. The molecule has 2 amide bonds. The van der Waals surface area contributed by atoms with Gasteiger partial charge in [0.25, 0.3) is 0 Å². The highest BCUT2D eigenvalue weighted by Crippen LogP contribution is 2.61. The maximum absolute atomic E-state index is 12.7. The minimum absolute atomic E-state index is 0.0462. The topological polar surface area (TPSA) is 334 Å². The van der Waals surface area contributed by atoms with Crippen LogP contribution in [0.3, 0.4) is 0 Å². The molecule has 1 fully saturated rings. The zero-order chi connectivity index (χ0) is 41.6. The molecular formula is C29H51N6O16P3S. The Bertz CT molecular complexity index is 1790. The summed E-state index contributed by atoms with van der Waals surface area (Å²) >= 11 is 1.71. The molecule has 1 aliphatic heterocycles. The number of hydrogen-bond acceptors (Lipinski definition) is 16. The number of imidazole rings is 1. The highest BCUT2D eigenvalue weighted by atomic mass is 32.2. The molecule has 314 valence electrons. The Hall–Kier alpha value is -2.04. The minimum atomic E-state index is -5.55. The first-order valence-electron chi connectivity index (χ1n) is 17.0. The summed E-state index contributed by atoms with van der Waals surface area (Å²) in [5, 5.41) is 26.8. The van der Waals surface area contributed by atoms with Gasteiger partial charge in [-0.25, -0.2) is 23.7 Å². The van der Waals surface area contributed by atoms with Crippen molar-refractivity contribution in [3.63, 3.8) is 0 Å². The summed E-state index contributed by atoms with van der Waals surface area (Å²) in [6, 6.07) is 0. The largest absolute Gasteiger partial charge is 0.481 e. The number of anilines is 1. The summed E-state index contributed by atoms with van der Waals surface area (Å²) in [6.45, 7) is 9.02. The number of rotatable bonds is 22. The van der Waals surface area contributed by atoms with Crippen LogP contribution >= 0.6 is 35.2 Å². The first-order valence-corrected chi connectivity index (χ1v) is 22.5. The number of aliphatic hydroxyl groups is 2. The van der Waals surface area contributed by atoms with Crippen molar-refractivity contribution in [1.29, 1.82) is 0 Å². The van der Waals surface area contributed by atoms with Gasteiger partial charge < -0.3 is 55.5 Å². The van der Waals surface area contributed by atoms with Crippen molar-refractivity contribution in [3.05, 3.63) is 18.1 Å². The van der Waals surface area contributed by atoms with Crippen LogP contribution in [0.4, 0.5) is 5.82 Å². The van der Waals surface area contributed by atoms with Gasteiger partial charge in [-0.3, -0.25) is 23.2 Å². The summed E-state index contributed by atoms with van der Waals surface area (Å²) in [7, 11) is -16.3. The lowest BCUT2D eigenvalue weighted by atomic mass is 9.87. The SMILES string of the molecule is CCc1cnc(N)c2ncn(C3OC(COP(=O)(O)OP(=O)(O)OCC(C)(C)C(O)C(=O)NCCC(=O)NCCSC(C)(C)CC)C(OP(=O)(O)O)C3O)c12. The smallest absolute Gasteiger partial charge is 0.386 e. The lowest BCUT2D eigenvalue weighted by molar-refractivity contribution is -0.137. The number of hydrogen-bond donors (Lipinski definition) is 9. The van der Waals surface area contributed by atoms with E-state index in [0.29, 0.717) is 29.8 Å². The van der Waals surface area contributed by atoms with Crippen molar-refractivity contribution in [2.45, 2.75) is 96.2 Å². The minimum Gasteiger partial charge on any atom is -0.386 e. The van der Waals surface area contributed by atoms with Crippen LogP contribution in [0.15, 0.2) is 12.5 Å². The molecule has 0 spiro atoms. The number of nitrogens with two attached hydrogens (primary N) is 1. The van der Waals surface area contributed by atoms with Gasteiger partial charge in [0.05, 0.1) is 25.1 Å². The van der Waals surface area contributed by atoms with Gasteiger partial charge in [-0.2, -0.15) is 16.1 Å².